The quantitative estimate of drug-likeness (QED) is 0.868. The van der Waals surface area contributed by atoms with Crippen molar-refractivity contribution in [3.8, 4) is 0 Å². The molecule has 0 amide bonds. The predicted octanol–water partition coefficient (Wildman–Crippen LogP) is 3.00. The van der Waals surface area contributed by atoms with Crippen LogP contribution in [0.25, 0.3) is 0 Å². The lowest BCUT2D eigenvalue weighted by molar-refractivity contribution is 0.501. The molecule has 0 unspecified atom stereocenters. The van der Waals surface area contributed by atoms with E-state index in [-0.39, 0.29) is 0 Å². The minimum absolute atomic E-state index is 0.509. The Balaban J connectivity index is 1.89. The first-order valence-corrected chi connectivity index (χ1v) is 6.21. The van der Waals surface area contributed by atoms with Crippen molar-refractivity contribution < 1.29 is 4.42 Å². The summed E-state index contributed by atoms with van der Waals surface area (Å²) >= 11 is 1.77. The van der Waals surface area contributed by atoms with Gasteiger partial charge in [-0.05, 0) is 25.5 Å². The van der Waals surface area contributed by atoms with E-state index in [1.54, 1.807) is 11.3 Å². The van der Waals surface area contributed by atoms with E-state index in [1.807, 2.05) is 0 Å². The van der Waals surface area contributed by atoms with Crippen molar-refractivity contribution in [2.24, 2.45) is 0 Å². The molecule has 4 nitrogen and oxygen atoms in total. The Hall–Kier alpha value is -1.36. The van der Waals surface area contributed by atoms with Crippen molar-refractivity contribution in [2.75, 3.05) is 5.32 Å². The maximum Gasteiger partial charge on any atom is 0.315 e. The van der Waals surface area contributed by atoms with Crippen LogP contribution < -0.4 is 5.32 Å². The van der Waals surface area contributed by atoms with E-state index in [2.05, 4.69) is 41.5 Å². The maximum absolute atomic E-state index is 5.42. The molecule has 1 N–H and O–H groups in total. The normalized spacial score (nSPS) is 10.6. The topological polar surface area (TPSA) is 51.0 Å². The molecule has 5 heteroatoms. The van der Waals surface area contributed by atoms with E-state index >= 15 is 0 Å². The van der Waals surface area contributed by atoms with Crippen LogP contribution >= 0.6 is 11.3 Å². The highest BCUT2D eigenvalue weighted by molar-refractivity contribution is 7.11. The van der Waals surface area contributed by atoms with Gasteiger partial charge in [0.15, 0.2) is 0 Å². The first-order valence-electron chi connectivity index (χ1n) is 5.39. The molecule has 0 bridgehead atoms. The van der Waals surface area contributed by atoms with Crippen LogP contribution in [-0.2, 0) is 13.0 Å². The molecule has 0 saturated carbocycles. The van der Waals surface area contributed by atoms with E-state index in [0.717, 1.165) is 19.4 Å². The zero-order valence-electron chi connectivity index (χ0n) is 9.49. The van der Waals surface area contributed by atoms with Crippen LogP contribution in [0.4, 0.5) is 6.01 Å². The summed E-state index contributed by atoms with van der Waals surface area (Å²) in [5.41, 5.74) is 0. The van der Waals surface area contributed by atoms with Gasteiger partial charge in [-0.25, -0.2) is 0 Å². The van der Waals surface area contributed by atoms with Crippen molar-refractivity contribution in [3.05, 3.63) is 27.8 Å². The first kappa shape index (κ1) is 11.1. The van der Waals surface area contributed by atoms with Gasteiger partial charge in [-0.15, -0.1) is 16.4 Å². The Kier molecular flexibility index (Phi) is 3.56. The molecule has 0 spiro atoms. The van der Waals surface area contributed by atoms with Gasteiger partial charge in [0.2, 0.25) is 5.89 Å². The van der Waals surface area contributed by atoms with Crippen LogP contribution in [-0.4, -0.2) is 10.2 Å². The average Bonchev–Trinajstić information content (AvgIpc) is 2.85. The fourth-order valence-electron chi connectivity index (χ4n) is 1.38. The molecule has 2 aromatic rings. The summed E-state index contributed by atoms with van der Waals surface area (Å²) in [6.45, 7) is 4.93. The van der Waals surface area contributed by atoms with Crippen molar-refractivity contribution in [1.82, 2.24) is 10.2 Å². The second kappa shape index (κ2) is 5.12. The Bertz CT molecular complexity index is 450. The highest BCUT2D eigenvalue weighted by Crippen LogP contribution is 2.16. The van der Waals surface area contributed by atoms with Crippen LogP contribution in [0, 0.1) is 6.92 Å². The highest BCUT2D eigenvalue weighted by Gasteiger charge is 2.04. The number of nitrogens with zero attached hydrogens (tertiary/aromatic N) is 2. The zero-order valence-corrected chi connectivity index (χ0v) is 10.3. The molecule has 2 aromatic heterocycles. The van der Waals surface area contributed by atoms with E-state index in [9.17, 15) is 0 Å². The highest BCUT2D eigenvalue weighted by atomic mass is 32.1. The standard InChI is InChI=1S/C11H15N3OS/c1-3-4-10-13-14-11(15-10)12-7-9-6-5-8(2)16-9/h5-6H,3-4,7H2,1-2H3,(H,12,14). The molecular weight excluding hydrogens is 222 g/mol. The molecule has 0 atom stereocenters. The monoisotopic (exact) mass is 237 g/mol. The molecule has 86 valence electrons. The minimum Gasteiger partial charge on any atom is -0.408 e. The van der Waals surface area contributed by atoms with Crippen molar-refractivity contribution in [1.29, 1.82) is 0 Å². The summed E-state index contributed by atoms with van der Waals surface area (Å²) in [5.74, 6) is 0.701. The number of aryl methyl sites for hydroxylation is 2. The second-order valence-corrected chi connectivity index (χ2v) is 4.99. The number of rotatable bonds is 5. The Morgan fingerprint density at radius 1 is 1.38 bits per heavy atom. The molecule has 16 heavy (non-hydrogen) atoms. The van der Waals surface area contributed by atoms with Crippen molar-refractivity contribution in [3.63, 3.8) is 0 Å². The van der Waals surface area contributed by atoms with Gasteiger partial charge in [0.1, 0.15) is 0 Å². The molecular formula is C11H15N3OS. The largest absolute Gasteiger partial charge is 0.408 e. The Morgan fingerprint density at radius 2 is 2.25 bits per heavy atom. The molecule has 0 fully saturated rings. The lowest BCUT2D eigenvalue weighted by atomic mass is 10.3. The van der Waals surface area contributed by atoms with Gasteiger partial charge in [0.05, 0.1) is 6.54 Å². The summed E-state index contributed by atoms with van der Waals surface area (Å²) in [6.07, 6.45) is 1.86. The average molecular weight is 237 g/mol. The fraction of sp³-hybridized carbons (Fsp3) is 0.455. The number of hydrogen-bond donors (Lipinski definition) is 1. The third-order valence-corrected chi connectivity index (χ3v) is 3.14. The number of hydrogen-bond acceptors (Lipinski definition) is 5. The lowest BCUT2D eigenvalue weighted by Gasteiger charge is -1.97. The van der Waals surface area contributed by atoms with E-state index in [4.69, 9.17) is 4.42 Å². The summed E-state index contributed by atoms with van der Waals surface area (Å²) in [5, 5.41) is 11.0. The van der Waals surface area contributed by atoms with Crippen LogP contribution in [0.3, 0.4) is 0 Å². The van der Waals surface area contributed by atoms with E-state index < -0.39 is 0 Å². The van der Waals surface area contributed by atoms with Gasteiger partial charge >= 0.3 is 6.01 Å². The van der Waals surface area contributed by atoms with Crippen molar-refractivity contribution in [2.45, 2.75) is 33.2 Å². The van der Waals surface area contributed by atoms with Crippen LogP contribution in [0.5, 0.6) is 0 Å². The maximum atomic E-state index is 5.42. The minimum atomic E-state index is 0.509. The molecule has 2 heterocycles. The Morgan fingerprint density at radius 3 is 2.94 bits per heavy atom. The Labute approximate surface area is 98.7 Å². The number of anilines is 1. The number of nitrogens with one attached hydrogen (secondary N) is 1. The van der Waals surface area contributed by atoms with Crippen LogP contribution in [0.1, 0.15) is 29.0 Å². The predicted molar refractivity (Wildman–Crippen MR) is 64.7 cm³/mol. The first-order chi connectivity index (χ1) is 7.78. The molecule has 0 aliphatic heterocycles. The van der Waals surface area contributed by atoms with Gasteiger partial charge in [0, 0.05) is 16.2 Å². The van der Waals surface area contributed by atoms with Gasteiger partial charge < -0.3 is 9.73 Å². The second-order valence-electron chi connectivity index (χ2n) is 3.62. The van der Waals surface area contributed by atoms with Crippen molar-refractivity contribution >= 4 is 17.4 Å². The summed E-state index contributed by atoms with van der Waals surface area (Å²) in [7, 11) is 0. The lowest BCUT2D eigenvalue weighted by Crippen LogP contribution is -1.97. The molecule has 0 aromatic carbocycles. The SMILES string of the molecule is CCCc1nnc(NCc2ccc(C)s2)o1. The molecule has 0 radical (unpaired) electrons. The summed E-state index contributed by atoms with van der Waals surface area (Å²) in [6, 6.07) is 4.73. The molecule has 0 saturated heterocycles. The van der Waals surface area contributed by atoms with Crippen LogP contribution in [0.2, 0.25) is 0 Å². The number of thiophene rings is 1. The van der Waals surface area contributed by atoms with Gasteiger partial charge in [-0.3, -0.25) is 0 Å². The third-order valence-electron chi connectivity index (χ3n) is 2.14. The van der Waals surface area contributed by atoms with Crippen LogP contribution in [0.15, 0.2) is 16.5 Å². The smallest absolute Gasteiger partial charge is 0.315 e. The molecule has 2 rings (SSSR count). The number of aromatic nitrogens is 2. The van der Waals surface area contributed by atoms with E-state index in [0.29, 0.717) is 11.9 Å². The van der Waals surface area contributed by atoms with Gasteiger partial charge in [-0.2, -0.15) is 0 Å². The molecule has 0 aliphatic carbocycles. The fourth-order valence-corrected chi connectivity index (χ4v) is 2.21. The van der Waals surface area contributed by atoms with E-state index in [1.165, 1.54) is 9.75 Å². The molecule has 0 aliphatic rings. The summed E-state index contributed by atoms with van der Waals surface area (Å²) in [4.78, 5) is 2.58. The van der Waals surface area contributed by atoms with Gasteiger partial charge in [0.25, 0.3) is 0 Å². The third kappa shape index (κ3) is 2.82. The summed E-state index contributed by atoms with van der Waals surface area (Å²) < 4.78 is 5.42. The van der Waals surface area contributed by atoms with Gasteiger partial charge in [-0.1, -0.05) is 12.0 Å². The zero-order chi connectivity index (χ0) is 11.4.